The van der Waals surface area contributed by atoms with Crippen LogP contribution >= 0.6 is 0 Å². The first kappa shape index (κ1) is 19.5. The van der Waals surface area contributed by atoms with E-state index in [1.54, 1.807) is 13.0 Å². The fourth-order valence-electron chi connectivity index (χ4n) is 2.97. The van der Waals surface area contributed by atoms with Gasteiger partial charge in [0, 0.05) is 32.2 Å². The first-order valence-electron chi connectivity index (χ1n) is 8.50. The molecule has 0 bridgehead atoms. The highest BCUT2D eigenvalue weighted by Crippen LogP contribution is 2.32. The largest absolute Gasteiger partial charge is 0.496 e. The second kappa shape index (κ2) is 7.08. The third-order valence-electron chi connectivity index (χ3n) is 4.75. The first-order chi connectivity index (χ1) is 12.7. The predicted octanol–water partition coefficient (Wildman–Crippen LogP) is -0.963. The maximum Gasteiger partial charge on any atom is 0.243 e. The molecule has 0 spiro atoms. The lowest BCUT2D eigenvalue weighted by Gasteiger charge is -2.32. The van der Waals surface area contributed by atoms with E-state index in [1.165, 1.54) is 23.5 Å². The van der Waals surface area contributed by atoms with Crippen molar-refractivity contribution in [2.45, 2.75) is 17.6 Å². The molecule has 1 saturated heterocycles. The zero-order valence-electron chi connectivity index (χ0n) is 15.6. The Hall–Kier alpha value is -2.21. The summed E-state index contributed by atoms with van der Waals surface area (Å²) in [6, 6.07) is 4.52. The summed E-state index contributed by atoms with van der Waals surface area (Å²) >= 11 is 0. The molecule has 27 heavy (non-hydrogen) atoms. The molecular weight excluding hydrogens is 370 g/mol. The summed E-state index contributed by atoms with van der Waals surface area (Å²) in [6.07, 6.45) is 0. The summed E-state index contributed by atoms with van der Waals surface area (Å²) in [6.45, 7) is 3.97. The van der Waals surface area contributed by atoms with E-state index in [2.05, 4.69) is 20.4 Å². The van der Waals surface area contributed by atoms with E-state index in [0.717, 1.165) is 0 Å². The molecule has 148 valence electrons. The highest BCUT2D eigenvalue weighted by atomic mass is 32.2. The second-order valence-electron chi connectivity index (χ2n) is 6.64. The molecule has 1 fully saturated rings. The van der Waals surface area contributed by atoms with Gasteiger partial charge in [0.2, 0.25) is 15.8 Å². The van der Waals surface area contributed by atoms with Crippen LogP contribution in [0.25, 0.3) is 0 Å². The highest BCUT2D eigenvalue weighted by molar-refractivity contribution is 7.89. The van der Waals surface area contributed by atoms with Gasteiger partial charge < -0.3 is 15.4 Å². The van der Waals surface area contributed by atoms with Crippen molar-refractivity contribution >= 4 is 21.6 Å². The lowest BCUT2D eigenvalue weighted by molar-refractivity contribution is 0.222. The maximum absolute atomic E-state index is 13.0. The molecule has 0 radical (unpaired) electrons. The van der Waals surface area contributed by atoms with Crippen LogP contribution in [0.3, 0.4) is 0 Å². The summed E-state index contributed by atoms with van der Waals surface area (Å²) in [5, 5.41) is 4.07. The van der Waals surface area contributed by atoms with E-state index in [9.17, 15) is 8.42 Å². The molecule has 1 aromatic rings. The van der Waals surface area contributed by atoms with Gasteiger partial charge in [-0.3, -0.25) is 11.2 Å². The topological polar surface area (TPSA) is 139 Å². The lowest BCUT2D eigenvalue weighted by atomic mass is 10.1. The Labute approximate surface area is 158 Å². The van der Waals surface area contributed by atoms with Gasteiger partial charge in [-0.1, -0.05) is 0 Å². The average molecular weight is 395 g/mol. The Morgan fingerprint density at radius 3 is 2.52 bits per heavy atom. The van der Waals surface area contributed by atoms with Crippen LogP contribution in [0.2, 0.25) is 0 Å². The summed E-state index contributed by atoms with van der Waals surface area (Å²) in [7, 11) is -0.216. The molecule has 1 aromatic carbocycles. The van der Waals surface area contributed by atoms with Gasteiger partial charge in [0.1, 0.15) is 11.6 Å². The Morgan fingerprint density at radius 2 is 1.93 bits per heavy atom. The Bertz CT molecular complexity index is 891. The number of nitrogens with zero attached hydrogens (tertiary/aromatic N) is 4. The van der Waals surface area contributed by atoms with Gasteiger partial charge in [0.25, 0.3) is 0 Å². The van der Waals surface area contributed by atoms with Crippen molar-refractivity contribution in [2.75, 3.05) is 40.3 Å². The van der Waals surface area contributed by atoms with Crippen molar-refractivity contribution < 1.29 is 13.2 Å². The number of aliphatic imine (C=N–C) groups is 1. The molecule has 2 aliphatic heterocycles. The van der Waals surface area contributed by atoms with Crippen molar-refractivity contribution in [2.24, 2.45) is 21.6 Å². The maximum atomic E-state index is 13.0. The monoisotopic (exact) mass is 395 g/mol. The number of hydrazone groups is 1. The Kier molecular flexibility index (Phi) is 5.12. The molecule has 0 amide bonds. The van der Waals surface area contributed by atoms with Gasteiger partial charge in [-0.2, -0.15) is 9.41 Å². The minimum Gasteiger partial charge on any atom is -0.496 e. The van der Waals surface area contributed by atoms with Crippen LogP contribution in [0, 0.1) is 0 Å². The summed E-state index contributed by atoms with van der Waals surface area (Å²) in [5.41, 5.74) is 15.8. The molecule has 10 nitrogen and oxygen atoms in total. The van der Waals surface area contributed by atoms with Gasteiger partial charge in [-0.25, -0.2) is 13.4 Å². The minimum atomic E-state index is -3.63. The summed E-state index contributed by atoms with van der Waals surface area (Å²) in [5.74, 6) is -0.954. The number of benzene rings is 1. The zero-order valence-corrected chi connectivity index (χ0v) is 16.5. The van der Waals surface area contributed by atoms with Crippen LogP contribution in [0.5, 0.6) is 5.75 Å². The van der Waals surface area contributed by atoms with E-state index >= 15 is 0 Å². The smallest absolute Gasteiger partial charge is 0.243 e. The van der Waals surface area contributed by atoms with E-state index < -0.39 is 15.8 Å². The van der Waals surface area contributed by atoms with Crippen LogP contribution in [-0.2, 0) is 15.8 Å². The first-order valence-corrected chi connectivity index (χ1v) is 9.94. The number of methoxy groups -OCH3 is 1. The third-order valence-corrected chi connectivity index (χ3v) is 6.64. The predicted molar refractivity (Wildman–Crippen MR) is 103 cm³/mol. The molecule has 0 saturated carbocycles. The van der Waals surface area contributed by atoms with Crippen LogP contribution < -0.4 is 21.6 Å². The molecular formula is C16H25N7O3S. The zero-order chi connectivity index (χ0) is 19.8. The number of hydrogen-bond acceptors (Lipinski definition) is 9. The number of sulfonamides is 1. The quantitative estimate of drug-likeness (QED) is 0.596. The minimum absolute atomic E-state index is 0.142. The lowest BCUT2D eigenvalue weighted by Crippen LogP contribution is -2.52. The van der Waals surface area contributed by atoms with E-state index in [0.29, 0.717) is 37.5 Å². The molecule has 1 unspecified atom stereocenters. The average Bonchev–Trinajstić information content (AvgIpc) is 2.65. The fourth-order valence-corrected chi connectivity index (χ4v) is 4.41. The van der Waals surface area contributed by atoms with Crippen molar-refractivity contribution in [3.05, 3.63) is 23.8 Å². The van der Waals surface area contributed by atoms with E-state index in [1.807, 2.05) is 7.05 Å². The van der Waals surface area contributed by atoms with Gasteiger partial charge in [0.05, 0.1) is 23.3 Å². The molecule has 5 N–H and O–H groups in total. The summed E-state index contributed by atoms with van der Waals surface area (Å²) in [4.78, 5) is 6.48. The Morgan fingerprint density at radius 1 is 1.26 bits per heavy atom. The fraction of sp³-hybridized carbons (Fsp3) is 0.500. The normalized spacial score (nSPS) is 24.7. The van der Waals surface area contributed by atoms with Crippen molar-refractivity contribution in [1.82, 2.24) is 14.6 Å². The molecule has 2 aliphatic rings. The molecule has 3 rings (SSSR count). The van der Waals surface area contributed by atoms with Gasteiger partial charge in [-0.05, 0) is 26.1 Å². The molecule has 11 heteroatoms. The standard InChI is InChI=1S/C16H25N7O3S/c1-11-15(17)19-16(18,21-20-11)13-5-4-12(10-14(13)26-3)27(24,25)23-8-6-22(2)7-9-23/h4-5,10,21H,6-9,18H2,1-3H3,(H2,17,19). The van der Waals surface area contributed by atoms with Crippen LogP contribution in [0.1, 0.15) is 12.5 Å². The van der Waals surface area contributed by atoms with Gasteiger partial charge >= 0.3 is 0 Å². The van der Waals surface area contributed by atoms with Gasteiger partial charge in [-0.15, -0.1) is 0 Å². The van der Waals surface area contributed by atoms with Crippen LogP contribution in [-0.4, -0.2) is 69.5 Å². The number of rotatable bonds is 4. The van der Waals surface area contributed by atoms with E-state index in [4.69, 9.17) is 16.2 Å². The molecule has 0 aliphatic carbocycles. The number of ether oxygens (including phenoxy) is 1. The molecule has 2 heterocycles. The Balaban J connectivity index is 1.96. The van der Waals surface area contributed by atoms with Gasteiger partial charge in [0.15, 0.2) is 0 Å². The number of hydrogen-bond donors (Lipinski definition) is 3. The van der Waals surface area contributed by atoms with Crippen LogP contribution in [0.4, 0.5) is 0 Å². The number of piperazine rings is 1. The van der Waals surface area contributed by atoms with E-state index in [-0.39, 0.29) is 16.5 Å². The highest BCUT2D eigenvalue weighted by Gasteiger charge is 2.35. The summed E-state index contributed by atoms with van der Waals surface area (Å²) < 4.78 is 32.8. The SMILES string of the molecule is COc1cc(S(=O)(=O)N2CCN(C)CC2)ccc1C1(N)N=C(N)C(C)=NN1. The number of nitrogens with one attached hydrogen (secondary N) is 1. The van der Waals surface area contributed by atoms with Crippen molar-refractivity contribution in [1.29, 1.82) is 0 Å². The van der Waals surface area contributed by atoms with Crippen molar-refractivity contribution in [3.63, 3.8) is 0 Å². The molecule has 0 aromatic heterocycles. The van der Waals surface area contributed by atoms with Crippen LogP contribution in [0.15, 0.2) is 33.2 Å². The third kappa shape index (κ3) is 3.63. The molecule has 1 atom stereocenters. The number of nitrogens with two attached hydrogens (primary N) is 2. The second-order valence-corrected chi connectivity index (χ2v) is 8.58. The number of amidine groups is 1. The number of likely N-dealkylation sites (N-methyl/N-ethyl adjacent to an activating group) is 1. The van der Waals surface area contributed by atoms with Crippen molar-refractivity contribution in [3.8, 4) is 5.75 Å².